The molecule has 1 aliphatic rings. The Morgan fingerprint density at radius 1 is 1.53 bits per heavy atom. The monoisotopic (exact) mass is 284 g/mol. The third-order valence-electron chi connectivity index (χ3n) is 3.26. The molecule has 7 nitrogen and oxygen atoms in total. The van der Waals surface area contributed by atoms with Crippen LogP contribution in [-0.2, 0) is 11.3 Å². The number of hydrogen-bond acceptors (Lipinski definition) is 5. The second kappa shape index (κ2) is 5.60. The molecule has 0 saturated carbocycles. The predicted molar refractivity (Wildman–Crippen MR) is 70.1 cm³/mol. The first kappa shape index (κ1) is 13.9. The number of carbonyl (C=O) groups is 2. The molecular formula is C11H16N4O3S. The molecule has 8 heteroatoms. The molecule has 1 fully saturated rings. The summed E-state index contributed by atoms with van der Waals surface area (Å²) in [6.07, 6.45) is 1.27. The van der Waals surface area contributed by atoms with Crippen LogP contribution >= 0.6 is 11.8 Å². The highest BCUT2D eigenvalue weighted by Crippen LogP contribution is 2.24. The summed E-state index contributed by atoms with van der Waals surface area (Å²) in [7, 11) is 0. The number of hydrogen-bond donors (Lipinski definition) is 1. The summed E-state index contributed by atoms with van der Waals surface area (Å²) in [6, 6.07) is 0.175. The lowest BCUT2D eigenvalue weighted by Gasteiger charge is -2.37. The van der Waals surface area contributed by atoms with E-state index in [2.05, 4.69) is 17.2 Å². The lowest BCUT2D eigenvalue weighted by molar-refractivity contribution is -0.133. The van der Waals surface area contributed by atoms with Crippen LogP contribution < -0.4 is 0 Å². The van der Waals surface area contributed by atoms with E-state index >= 15 is 0 Å². The lowest BCUT2D eigenvalue weighted by Crippen LogP contribution is -2.49. The Hall–Kier alpha value is -1.57. The second-order valence-electron chi connectivity index (χ2n) is 4.51. The number of aromatic nitrogens is 3. The smallest absolute Gasteiger partial charge is 0.358 e. The molecular weight excluding hydrogens is 268 g/mol. The van der Waals surface area contributed by atoms with Crippen LogP contribution in [0.1, 0.15) is 24.3 Å². The van der Waals surface area contributed by atoms with Gasteiger partial charge in [0.05, 0.1) is 6.20 Å². The summed E-state index contributed by atoms with van der Waals surface area (Å²) in [4.78, 5) is 24.7. The zero-order chi connectivity index (χ0) is 14.0. The van der Waals surface area contributed by atoms with Gasteiger partial charge in [-0.15, -0.1) is 5.10 Å². The lowest BCUT2D eigenvalue weighted by atomic mass is 10.2. The molecule has 0 bridgehead atoms. The summed E-state index contributed by atoms with van der Waals surface area (Å²) in [5.74, 6) is -0.272. The van der Waals surface area contributed by atoms with Crippen LogP contribution in [0.3, 0.4) is 0 Å². The van der Waals surface area contributed by atoms with E-state index in [-0.39, 0.29) is 24.2 Å². The predicted octanol–water partition coefficient (Wildman–Crippen LogP) is 0.329. The molecule has 104 valence electrons. The Kier molecular flexibility index (Phi) is 4.08. The number of amides is 1. The van der Waals surface area contributed by atoms with Gasteiger partial charge in [0.25, 0.3) is 0 Å². The second-order valence-corrected chi connectivity index (χ2v) is 6.00. The SMILES string of the molecule is CC1SCCN(C(=O)Cn2cc(C(=O)O)nn2)C1C. The zero-order valence-corrected chi connectivity index (χ0v) is 11.6. The van der Waals surface area contributed by atoms with Crippen LogP contribution in [0.25, 0.3) is 0 Å². The Balaban J connectivity index is 2.01. The molecule has 1 aliphatic heterocycles. The first-order chi connectivity index (χ1) is 8.99. The van der Waals surface area contributed by atoms with Crippen LogP contribution in [-0.4, -0.2) is 60.5 Å². The van der Waals surface area contributed by atoms with E-state index in [1.54, 1.807) is 0 Å². The molecule has 1 aromatic rings. The average Bonchev–Trinajstić information content (AvgIpc) is 2.81. The number of carbonyl (C=O) groups excluding carboxylic acids is 1. The van der Waals surface area contributed by atoms with Crippen molar-refractivity contribution in [3.05, 3.63) is 11.9 Å². The van der Waals surface area contributed by atoms with Gasteiger partial charge < -0.3 is 10.0 Å². The molecule has 0 aromatic carbocycles. The molecule has 0 spiro atoms. The summed E-state index contributed by atoms with van der Waals surface area (Å²) in [6.45, 7) is 4.88. The Morgan fingerprint density at radius 2 is 2.26 bits per heavy atom. The molecule has 2 heterocycles. The van der Waals surface area contributed by atoms with Crippen LogP contribution in [0.5, 0.6) is 0 Å². The van der Waals surface area contributed by atoms with Gasteiger partial charge in [0.15, 0.2) is 5.69 Å². The van der Waals surface area contributed by atoms with Crippen molar-refractivity contribution in [2.24, 2.45) is 0 Å². The highest BCUT2D eigenvalue weighted by molar-refractivity contribution is 8.00. The molecule has 1 aromatic heterocycles. The fourth-order valence-electron chi connectivity index (χ4n) is 1.99. The van der Waals surface area contributed by atoms with E-state index in [4.69, 9.17) is 5.11 Å². The maximum atomic E-state index is 12.2. The van der Waals surface area contributed by atoms with Gasteiger partial charge >= 0.3 is 5.97 Å². The number of carboxylic acids is 1. The molecule has 1 N–H and O–H groups in total. The first-order valence-electron chi connectivity index (χ1n) is 6.03. The van der Waals surface area contributed by atoms with Crippen LogP contribution in [0, 0.1) is 0 Å². The normalized spacial score (nSPS) is 23.4. The number of thioether (sulfide) groups is 1. The van der Waals surface area contributed by atoms with Gasteiger partial charge in [-0.05, 0) is 6.92 Å². The highest BCUT2D eigenvalue weighted by Gasteiger charge is 2.29. The fraction of sp³-hybridized carbons (Fsp3) is 0.636. The number of aromatic carboxylic acids is 1. The third-order valence-corrected chi connectivity index (χ3v) is 4.60. The van der Waals surface area contributed by atoms with Crippen LogP contribution in [0.15, 0.2) is 6.20 Å². The molecule has 2 rings (SSSR count). The minimum atomic E-state index is -1.14. The zero-order valence-electron chi connectivity index (χ0n) is 10.8. The Morgan fingerprint density at radius 3 is 2.89 bits per heavy atom. The maximum absolute atomic E-state index is 12.2. The van der Waals surface area contributed by atoms with Gasteiger partial charge in [-0.1, -0.05) is 12.1 Å². The number of carboxylic acid groups (broad SMARTS) is 1. The standard InChI is InChI=1S/C11H16N4O3S/c1-7-8(2)19-4-3-15(7)10(16)6-14-5-9(11(17)18)12-13-14/h5,7-8H,3-4,6H2,1-2H3,(H,17,18). The summed E-state index contributed by atoms with van der Waals surface area (Å²) >= 11 is 1.86. The fourth-order valence-corrected chi connectivity index (χ4v) is 3.09. The van der Waals surface area contributed by atoms with Crippen molar-refractivity contribution in [3.8, 4) is 0 Å². The van der Waals surface area contributed by atoms with Gasteiger partial charge in [-0.25, -0.2) is 9.48 Å². The Labute approximate surface area is 115 Å². The van der Waals surface area contributed by atoms with Crippen molar-refractivity contribution in [3.63, 3.8) is 0 Å². The third kappa shape index (κ3) is 3.06. The van der Waals surface area contributed by atoms with Crippen molar-refractivity contribution in [2.75, 3.05) is 12.3 Å². The summed E-state index contributed by atoms with van der Waals surface area (Å²) in [5.41, 5.74) is -0.150. The molecule has 0 radical (unpaired) electrons. The van der Waals surface area contributed by atoms with Crippen LogP contribution in [0.2, 0.25) is 0 Å². The van der Waals surface area contributed by atoms with Crippen molar-refractivity contribution in [1.29, 1.82) is 0 Å². The molecule has 2 unspecified atom stereocenters. The van der Waals surface area contributed by atoms with E-state index < -0.39 is 5.97 Å². The van der Waals surface area contributed by atoms with E-state index in [1.165, 1.54) is 10.9 Å². The summed E-state index contributed by atoms with van der Waals surface area (Å²) < 4.78 is 1.27. The first-order valence-corrected chi connectivity index (χ1v) is 7.08. The van der Waals surface area contributed by atoms with E-state index in [0.29, 0.717) is 5.25 Å². The average molecular weight is 284 g/mol. The van der Waals surface area contributed by atoms with E-state index in [0.717, 1.165) is 12.3 Å². The minimum Gasteiger partial charge on any atom is -0.476 e. The number of nitrogens with zero attached hydrogens (tertiary/aromatic N) is 4. The van der Waals surface area contributed by atoms with E-state index in [9.17, 15) is 9.59 Å². The Bertz CT molecular complexity index is 490. The largest absolute Gasteiger partial charge is 0.476 e. The molecule has 1 saturated heterocycles. The van der Waals surface area contributed by atoms with Gasteiger partial charge in [0.1, 0.15) is 6.54 Å². The molecule has 0 aliphatic carbocycles. The molecule has 1 amide bonds. The van der Waals surface area contributed by atoms with Gasteiger partial charge in [-0.3, -0.25) is 4.79 Å². The van der Waals surface area contributed by atoms with Crippen molar-refractivity contribution in [2.45, 2.75) is 31.7 Å². The van der Waals surface area contributed by atoms with E-state index in [1.807, 2.05) is 23.6 Å². The summed E-state index contributed by atoms with van der Waals surface area (Å²) in [5, 5.41) is 16.3. The maximum Gasteiger partial charge on any atom is 0.358 e. The highest BCUT2D eigenvalue weighted by atomic mass is 32.2. The van der Waals surface area contributed by atoms with Gasteiger partial charge in [0, 0.05) is 23.6 Å². The topological polar surface area (TPSA) is 88.3 Å². The molecule has 19 heavy (non-hydrogen) atoms. The number of rotatable bonds is 3. The van der Waals surface area contributed by atoms with Crippen molar-refractivity contribution in [1.82, 2.24) is 19.9 Å². The van der Waals surface area contributed by atoms with Gasteiger partial charge in [0.2, 0.25) is 5.91 Å². The van der Waals surface area contributed by atoms with Crippen molar-refractivity contribution >= 4 is 23.6 Å². The molecule has 2 atom stereocenters. The van der Waals surface area contributed by atoms with Gasteiger partial charge in [-0.2, -0.15) is 11.8 Å². The van der Waals surface area contributed by atoms with Crippen LogP contribution in [0.4, 0.5) is 0 Å². The van der Waals surface area contributed by atoms with Crippen molar-refractivity contribution < 1.29 is 14.7 Å². The quantitative estimate of drug-likeness (QED) is 0.860. The minimum absolute atomic E-state index is 0.0298.